The quantitative estimate of drug-likeness (QED) is 0.945. The number of hydrogen-bond acceptors (Lipinski definition) is 4. The zero-order valence-corrected chi connectivity index (χ0v) is 10.9. The Morgan fingerprint density at radius 3 is 2.53 bits per heavy atom. The van der Waals surface area contributed by atoms with E-state index in [9.17, 15) is 0 Å². The van der Waals surface area contributed by atoms with Gasteiger partial charge in [-0.25, -0.2) is 9.97 Å². The van der Waals surface area contributed by atoms with Crippen molar-refractivity contribution in [3.63, 3.8) is 0 Å². The summed E-state index contributed by atoms with van der Waals surface area (Å²) in [7, 11) is 0. The van der Waals surface area contributed by atoms with Crippen LogP contribution in [-0.4, -0.2) is 9.97 Å². The molecule has 0 aliphatic carbocycles. The maximum Gasteiger partial charge on any atom is 0.164 e. The minimum atomic E-state index is -0.171. The molecule has 2 N–H and O–H groups in total. The molecule has 0 spiro atoms. The number of benzene rings is 1. The van der Waals surface area contributed by atoms with E-state index < -0.39 is 0 Å². The summed E-state index contributed by atoms with van der Waals surface area (Å²) in [4.78, 5) is 8.25. The van der Waals surface area contributed by atoms with Crippen molar-refractivity contribution in [3.8, 4) is 11.5 Å². The van der Waals surface area contributed by atoms with Gasteiger partial charge >= 0.3 is 0 Å². The lowest BCUT2D eigenvalue weighted by Crippen LogP contribution is -2.09. The molecule has 0 bridgehead atoms. The molecule has 0 saturated carbocycles. The van der Waals surface area contributed by atoms with Crippen LogP contribution in [0, 0.1) is 0 Å². The van der Waals surface area contributed by atoms with E-state index in [1.807, 2.05) is 31.2 Å². The van der Waals surface area contributed by atoms with Crippen LogP contribution in [0.5, 0.6) is 11.5 Å². The van der Waals surface area contributed by atoms with Gasteiger partial charge in [0.15, 0.2) is 5.75 Å². The van der Waals surface area contributed by atoms with Gasteiger partial charge in [0.1, 0.15) is 11.6 Å². The minimum Gasteiger partial charge on any atom is -0.454 e. The van der Waals surface area contributed by atoms with Crippen LogP contribution in [0.2, 0.25) is 0 Å². The molecule has 1 atom stereocenters. The van der Waals surface area contributed by atoms with Gasteiger partial charge in [0, 0.05) is 4.47 Å². The molecule has 5 heteroatoms. The molecule has 0 aliphatic heterocycles. The Kier molecular flexibility index (Phi) is 3.71. The first-order chi connectivity index (χ1) is 8.15. The lowest BCUT2D eigenvalue weighted by atomic mass is 10.3. The van der Waals surface area contributed by atoms with Gasteiger partial charge in [-0.1, -0.05) is 22.0 Å². The number of halogens is 1. The zero-order chi connectivity index (χ0) is 12.3. The Balaban J connectivity index is 2.14. The van der Waals surface area contributed by atoms with Crippen LogP contribution < -0.4 is 10.5 Å². The third-order valence-electron chi connectivity index (χ3n) is 2.09. The SMILES string of the molecule is CC(N)c1ncc(Oc2cccc(Br)c2)cn1. The van der Waals surface area contributed by atoms with E-state index in [-0.39, 0.29) is 6.04 Å². The molecule has 4 nitrogen and oxygen atoms in total. The van der Waals surface area contributed by atoms with Gasteiger partial charge in [0.25, 0.3) is 0 Å². The van der Waals surface area contributed by atoms with Crippen molar-refractivity contribution >= 4 is 15.9 Å². The van der Waals surface area contributed by atoms with Gasteiger partial charge in [-0.05, 0) is 25.1 Å². The van der Waals surface area contributed by atoms with E-state index in [1.54, 1.807) is 12.4 Å². The number of ether oxygens (including phenoxy) is 1. The second kappa shape index (κ2) is 5.25. The van der Waals surface area contributed by atoms with Crippen molar-refractivity contribution in [2.24, 2.45) is 5.73 Å². The average Bonchev–Trinajstić information content (AvgIpc) is 2.29. The third-order valence-corrected chi connectivity index (χ3v) is 2.58. The normalized spacial score (nSPS) is 12.2. The lowest BCUT2D eigenvalue weighted by Gasteiger charge is -2.07. The van der Waals surface area contributed by atoms with Crippen LogP contribution in [0.4, 0.5) is 0 Å². The Bertz CT molecular complexity index is 499. The van der Waals surface area contributed by atoms with Crippen molar-refractivity contribution in [2.75, 3.05) is 0 Å². The summed E-state index contributed by atoms with van der Waals surface area (Å²) < 4.78 is 6.56. The molecular weight excluding hydrogens is 282 g/mol. The van der Waals surface area contributed by atoms with Gasteiger partial charge in [0.2, 0.25) is 0 Å². The van der Waals surface area contributed by atoms with Crippen molar-refractivity contribution in [2.45, 2.75) is 13.0 Å². The van der Waals surface area contributed by atoms with E-state index in [0.29, 0.717) is 11.6 Å². The number of rotatable bonds is 3. The molecular formula is C12H12BrN3O. The van der Waals surface area contributed by atoms with Gasteiger partial charge in [-0.15, -0.1) is 0 Å². The van der Waals surface area contributed by atoms with Crippen LogP contribution in [0.15, 0.2) is 41.1 Å². The number of hydrogen-bond donors (Lipinski definition) is 1. The summed E-state index contributed by atoms with van der Waals surface area (Å²) in [5, 5.41) is 0. The Morgan fingerprint density at radius 1 is 1.24 bits per heavy atom. The average molecular weight is 294 g/mol. The highest BCUT2D eigenvalue weighted by atomic mass is 79.9. The molecule has 0 radical (unpaired) electrons. The van der Waals surface area contributed by atoms with E-state index in [4.69, 9.17) is 10.5 Å². The predicted molar refractivity (Wildman–Crippen MR) is 68.9 cm³/mol. The van der Waals surface area contributed by atoms with E-state index in [2.05, 4.69) is 25.9 Å². The fourth-order valence-electron chi connectivity index (χ4n) is 1.28. The Morgan fingerprint density at radius 2 is 1.94 bits per heavy atom. The molecule has 1 heterocycles. The molecule has 1 unspecified atom stereocenters. The number of aromatic nitrogens is 2. The standard InChI is InChI=1S/C12H12BrN3O/c1-8(14)12-15-6-11(7-16-12)17-10-4-2-3-9(13)5-10/h2-8H,14H2,1H3. The van der Waals surface area contributed by atoms with Gasteiger partial charge in [-0.3, -0.25) is 0 Å². The van der Waals surface area contributed by atoms with Crippen LogP contribution >= 0.6 is 15.9 Å². The predicted octanol–water partition coefficient (Wildman–Crippen LogP) is 3.05. The second-order valence-electron chi connectivity index (χ2n) is 3.63. The molecule has 0 aliphatic rings. The summed E-state index contributed by atoms with van der Waals surface area (Å²) in [5.74, 6) is 1.93. The second-order valence-corrected chi connectivity index (χ2v) is 4.54. The summed E-state index contributed by atoms with van der Waals surface area (Å²) in [6, 6.07) is 7.40. The largest absolute Gasteiger partial charge is 0.454 e. The fourth-order valence-corrected chi connectivity index (χ4v) is 1.66. The molecule has 1 aromatic carbocycles. The van der Waals surface area contributed by atoms with E-state index in [0.717, 1.165) is 10.2 Å². The Hall–Kier alpha value is -1.46. The Labute approximate surface area is 108 Å². The summed E-state index contributed by atoms with van der Waals surface area (Å²) in [5.41, 5.74) is 5.66. The highest BCUT2D eigenvalue weighted by Gasteiger charge is 2.03. The zero-order valence-electron chi connectivity index (χ0n) is 9.30. The molecule has 17 heavy (non-hydrogen) atoms. The molecule has 2 aromatic rings. The third kappa shape index (κ3) is 3.25. The monoisotopic (exact) mass is 293 g/mol. The van der Waals surface area contributed by atoms with Crippen molar-refractivity contribution < 1.29 is 4.74 Å². The summed E-state index contributed by atoms with van der Waals surface area (Å²) in [6.07, 6.45) is 3.24. The van der Waals surface area contributed by atoms with Crippen LogP contribution in [-0.2, 0) is 0 Å². The van der Waals surface area contributed by atoms with Crippen molar-refractivity contribution in [3.05, 3.63) is 47.0 Å². The topological polar surface area (TPSA) is 61.0 Å². The first-order valence-electron chi connectivity index (χ1n) is 5.16. The van der Waals surface area contributed by atoms with Crippen LogP contribution in [0.1, 0.15) is 18.8 Å². The number of nitrogens with two attached hydrogens (primary N) is 1. The van der Waals surface area contributed by atoms with Gasteiger partial charge in [-0.2, -0.15) is 0 Å². The van der Waals surface area contributed by atoms with Crippen molar-refractivity contribution in [1.29, 1.82) is 0 Å². The summed E-state index contributed by atoms with van der Waals surface area (Å²) in [6.45, 7) is 1.84. The van der Waals surface area contributed by atoms with Crippen LogP contribution in [0.3, 0.4) is 0 Å². The number of nitrogens with zero attached hydrogens (tertiary/aromatic N) is 2. The van der Waals surface area contributed by atoms with Crippen molar-refractivity contribution in [1.82, 2.24) is 9.97 Å². The highest BCUT2D eigenvalue weighted by Crippen LogP contribution is 2.23. The molecule has 0 fully saturated rings. The van der Waals surface area contributed by atoms with Gasteiger partial charge in [0.05, 0.1) is 18.4 Å². The first kappa shape index (κ1) is 12.0. The minimum absolute atomic E-state index is 0.171. The van der Waals surface area contributed by atoms with Gasteiger partial charge < -0.3 is 10.5 Å². The lowest BCUT2D eigenvalue weighted by molar-refractivity contribution is 0.475. The fraction of sp³-hybridized carbons (Fsp3) is 0.167. The molecule has 0 amide bonds. The maximum atomic E-state index is 5.66. The van der Waals surface area contributed by atoms with E-state index in [1.165, 1.54) is 0 Å². The molecule has 2 rings (SSSR count). The maximum absolute atomic E-state index is 5.66. The molecule has 0 saturated heterocycles. The van der Waals surface area contributed by atoms with E-state index >= 15 is 0 Å². The molecule has 88 valence electrons. The smallest absolute Gasteiger partial charge is 0.164 e. The molecule has 1 aromatic heterocycles. The first-order valence-corrected chi connectivity index (χ1v) is 5.95. The summed E-state index contributed by atoms with van der Waals surface area (Å²) >= 11 is 3.38. The highest BCUT2D eigenvalue weighted by molar-refractivity contribution is 9.10. The van der Waals surface area contributed by atoms with Crippen LogP contribution in [0.25, 0.3) is 0 Å².